The van der Waals surface area contributed by atoms with Gasteiger partial charge in [-0.2, -0.15) is 0 Å². The summed E-state index contributed by atoms with van der Waals surface area (Å²) in [6.07, 6.45) is 1.06. The van der Waals surface area contributed by atoms with Crippen LogP contribution in [0.4, 0.5) is 0 Å². The van der Waals surface area contributed by atoms with Crippen molar-refractivity contribution in [3.8, 4) is 0 Å². The van der Waals surface area contributed by atoms with E-state index in [-0.39, 0.29) is 5.41 Å². The summed E-state index contributed by atoms with van der Waals surface area (Å²) in [5.74, 6) is 0. The molecule has 0 aliphatic rings. The largest absolute Gasteiger partial charge is 0.358 e. The fraction of sp³-hybridized carbons (Fsp3) is 0.429. The number of nitrogens with one attached hydrogen (secondary N) is 1. The first-order valence-electron chi connectivity index (χ1n) is 5.70. The number of hydrogen-bond donors (Lipinski definition) is 1. The molecule has 86 valence electrons. The van der Waals surface area contributed by atoms with Gasteiger partial charge < -0.3 is 4.98 Å². The summed E-state index contributed by atoms with van der Waals surface area (Å²) in [6.45, 7) is 6.83. The molecule has 16 heavy (non-hydrogen) atoms. The van der Waals surface area contributed by atoms with Gasteiger partial charge in [-0.3, -0.25) is 0 Å². The minimum Gasteiger partial charge on any atom is -0.358 e. The van der Waals surface area contributed by atoms with Gasteiger partial charge in [0.2, 0.25) is 0 Å². The Kier molecular flexibility index (Phi) is 3.11. The normalized spacial score (nSPS) is 12.2. The second-order valence-corrected chi connectivity index (χ2v) is 6.01. The maximum absolute atomic E-state index is 3.54. The van der Waals surface area contributed by atoms with Crippen LogP contribution in [0.2, 0.25) is 0 Å². The second kappa shape index (κ2) is 4.25. The molecule has 0 unspecified atom stereocenters. The predicted octanol–water partition coefficient (Wildman–Crippen LogP) is 4.40. The summed E-state index contributed by atoms with van der Waals surface area (Å²) >= 11 is 3.52. The van der Waals surface area contributed by atoms with E-state index in [0.29, 0.717) is 0 Å². The van der Waals surface area contributed by atoms with Crippen LogP contribution in [0.3, 0.4) is 0 Å². The molecular formula is C14H18BrN. The summed E-state index contributed by atoms with van der Waals surface area (Å²) in [6, 6.07) is 8.57. The maximum Gasteiger partial charge on any atom is 0.0459 e. The van der Waals surface area contributed by atoms with Crippen molar-refractivity contribution in [3.63, 3.8) is 0 Å². The van der Waals surface area contributed by atoms with Gasteiger partial charge in [0, 0.05) is 21.9 Å². The van der Waals surface area contributed by atoms with E-state index in [1.807, 2.05) is 0 Å². The van der Waals surface area contributed by atoms with Crippen molar-refractivity contribution in [2.75, 3.05) is 5.33 Å². The minimum atomic E-state index is 0.192. The smallest absolute Gasteiger partial charge is 0.0459 e. The first-order chi connectivity index (χ1) is 7.54. The molecule has 0 saturated heterocycles. The number of aromatic nitrogens is 1. The quantitative estimate of drug-likeness (QED) is 0.785. The van der Waals surface area contributed by atoms with Crippen LogP contribution >= 0.6 is 15.9 Å². The van der Waals surface area contributed by atoms with Crippen LogP contribution in [0, 0.1) is 0 Å². The summed E-state index contributed by atoms with van der Waals surface area (Å²) in [4.78, 5) is 3.54. The fourth-order valence-electron chi connectivity index (χ4n) is 2.34. The lowest BCUT2D eigenvalue weighted by atomic mass is 9.84. The third-order valence-electron chi connectivity index (χ3n) is 2.88. The fourth-order valence-corrected chi connectivity index (χ4v) is 2.73. The van der Waals surface area contributed by atoms with E-state index < -0.39 is 0 Å². The number of aryl methyl sites for hydroxylation is 1. The third-order valence-corrected chi connectivity index (χ3v) is 3.27. The SMILES string of the molecule is CC(C)(C)c1c(CCBr)[nH]c2ccccc12. The van der Waals surface area contributed by atoms with Crippen molar-refractivity contribution in [1.29, 1.82) is 0 Å². The van der Waals surface area contributed by atoms with Gasteiger partial charge in [0.15, 0.2) is 0 Å². The van der Waals surface area contributed by atoms with E-state index in [1.165, 1.54) is 22.2 Å². The molecule has 0 bridgehead atoms. The monoisotopic (exact) mass is 279 g/mol. The van der Waals surface area contributed by atoms with Crippen LogP contribution in [-0.2, 0) is 11.8 Å². The highest BCUT2D eigenvalue weighted by atomic mass is 79.9. The molecule has 1 aromatic carbocycles. The lowest BCUT2D eigenvalue weighted by Crippen LogP contribution is -2.13. The summed E-state index contributed by atoms with van der Waals surface area (Å²) in [7, 11) is 0. The van der Waals surface area contributed by atoms with Crippen LogP contribution in [0.25, 0.3) is 10.9 Å². The Bertz CT molecular complexity index is 491. The molecule has 0 amide bonds. The maximum atomic E-state index is 3.54. The Morgan fingerprint density at radius 2 is 1.88 bits per heavy atom. The average molecular weight is 280 g/mol. The third kappa shape index (κ3) is 2.03. The van der Waals surface area contributed by atoms with Crippen molar-refractivity contribution in [1.82, 2.24) is 4.98 Å². The van der Waals surface area contributed by atoms with Gasteiger partial charge in [0.05, 0.1) is 0 Å². The zero-order valence-electron chi connectivity index (χ0n) is 10.1. The van der Waals surface area contributed by atoms with Crippen molar-refractivity contribution >= 4 is 26.8 Å². The molecule has 1 heterocycles. The lowest BCUT2D eigenvalue weighted by molar-refractivity contribution is 0.588. The van der Waals surface area contributed by atoms with E-state index in [2.05, 4.69) is 66.0 Å². The van der Waals surface area contributed by atoms with Crippen LogP contribution in [0.1, 0.15) is 32.0 Å². The highest BCUT2D eigenvalue weighted by Crippen LogP contribution is 2.33. The van der Waals surface area contributed by atoms with Crippen molar-refractivity contribution in [3.05, 3.63) is 35.5 Å². The van der Waals surface area contributed by atoms with Gasteiger partial charge >= 0.3 is 0 Å². The molecule has 0 spiro atoms. The number of rotatable bonds is 2. The van der Waals surface area contributed by atoms with E-state index >= 15 is 0 Å². The molecule has 2 heteroatoms. The summed E-state index contributed by atoms with van der Waals surface area (Å²) in [5, 5.41) is 2.37. The van der Waals surface area contributed by atoms with Gasteiger partial charge in [-0.05, 0) is 23.5 Å². The number of fused-ring (bicyclic) bond motifs is 1. The first kappa shape index (κ1) is 11.7. The van der Waals surface area contributed by atoms with E-state index in [9.17, 15) is 0 Å². The van der Waals surface area contributed by atoms with E-state index in [0.717, 1.165) is 11.8 Å². The molecule has 1 aromatic heterocycles. The van der Waals surface area contributed by atoms with Gasteiger partial charge in [-0.25, -0.2) is 0 Å². The number of H-pyrrole nitrogens is 1. The van der Waals surface area contributed by atoms with Crippen molar-refractivity contribution in [2.24, 2.45) is 0 Å². The standard InChI is InChI=1S/C14H18BrN/c1-14(2,3)13-10-6-4-5-7-11(10)16-12(13)8-9-15/h4-7,16H,8-9H2,1-3H3. The molecular weight excluding hydrogens is 262 g/mol. The highest BCUT2D eigenvalue weighted by molar-refractivity contribution is 9.09. The summed E-state index contributed by atoms with van der Waals surface area (Å²) in [5.41, 5.74) is 4.27. The van der Waals surface area contributed by atoms with Crippen LogP contribution in [-0.4, -0.2) is 10.3 Å². The van der Waals surface area contributed by atoms with Crippen molar-refractivity contribution < 1.29 is 0 Å². The Hall–Kier alpha value is -0.760. The zero-order chi connectivity index (χ0) is 11.8. The number of para-hydroxylation sites is 1. The predicted molar refractivity (Wildman–Crippen MR) is 74.5 cm³/mol. The lowest BCUT2D eigenvalue weighted by Gasteiger charge is -2.20. The van der Waals surface area contributed by atoms with Gasteiger partial charge in [-0.15, -0.1) is 0 Å². The number of alkyl halides is 1. The van der Waals surface area contributed by atoms with Crippen LogP contribution in [0.15, 0.2) is 24.3 Å². The molecule has 0 aliphatic carbocycles. The Morgan fingerprint density at radius 3 is 2.50 bits per heavy atom. The molecule has 1 nitrogen and oxygen atoms in total. The second-order valence-electron chi connectivity index (χ2n) is 5.21. The topological polar surface area (TPSA) is 15.8 Å². The molecule has 0 fully saturated rings. The number of benzene rings is 1. The van der Waals surface area contributed by atoms with Crippen LogP contribution in [0.5, 0.6) is 0 Å². The Labute approximate surface area is 105 Å². The first-order valence-corrected chi connectivity index (χ1v) is 6.82. The molecule has 0 saturated carbocycles. The number of hydrogen-bond acceptors (Lipinski definition) is 0. The number of halogens is 1. The highest BCUT2D eigenvalue weighted by Gasteiger charge is 2.22. The van der Waals surface area contributed by atoms with Crippen molar-refractivity contribution in [2.45, 2.75) is 32.6 Å². The van der Waals surface area contributed by atoms with Gasteiger partial charge in [0.25, 0.3) is 0 Å². The average Bonchev–Trinajstić information content (AvgIpc) is 2.55. The van der Waals surface area contributed by atoms with Gasteiger partial charge in [0.1, 0.15) is 0 Å². The molecule has 1 N–H and O–H groups in total. The van der Waals surface area contributed by atoms with Gasteiger partial charge in [-0.1, -0.05) is 54.9 Å². The number of aromatic amines is 1. The minimum absolute atomic E-state index is 0.192. The summed E-state index contributed by atoms with van der Waals surface area (Å²) < 4.78 is 0. The Morgan fingerprint density at radius 1 is 1.19 bits per heavy atom. The molecule has 0 aliphatic heterocycles. The zero-order valence-corrected chi connectivity index (χ0v) is 11.7. The molecule has 2 rings (SSSR count). The van der Waals surface area contributed by atoms with Crippen LogP contribution < -0.4 is 0 Å². The molecule has 2 aromatic rings. The Balaban J connectivity index is 2.69. The molecule has 0 atom stereocenters. The van der Waals surface area contributed by atoms with E-state index in [1.54, 1.807) is 0 Å². The molecule has 0 radical (unpaired) electrons. The van der Waals surface area contributed by atoms with E-state index in [4.69, 9.17) is 0 Å².